The van der Waals surface area contributed by atoms with Crippen molar-refractivity contribution in [1.82, 2.24) is 9.63 Å². The van der Waals surface area contributed by atoms with Crippen molar-refractivity contribution in [3.63, 3.8) is 0 Å². The molecule has 0 atom stereocenters. The molecule has 0 amide bonds. The molecule has 0 bridgehead atoms. The van der Waals surface area contributed by atoms with Gasteiger partial charge < -0.3 is 25.6 Å². The highest BCUT2D eigenvalue weighted by Gasteiger charge is 2.34. The summed E-state index contributed by atoms with van der Waals surface area (Å²) in [4.78, 5) is 16.9. The Morgan fingerprint density at radius 1 is 1.12 bits per heavy atom. The minimum absolute atomic E-state index is 0.00904. The Morgan fingerprint density at radius 2 is 1.77 bits per heavy atom. The fourth-order valence-corrected chi connectivity index (χ4v) is 2.70. The van der Waals surface area contributed by atoms with Gasteiger partial charge in [-0.05, 0) is 6.07 Å². The molecular weight excluding hydrogens is 344 g/mol. The first-order valence-electron chi connectivity index (χ1n) is 8.18. The fourth-order valence-electron chi connectivity index (χ4n) is 2.70. The van der Waals surface area contributed by atoms with Gasteiger partial charge in [0, 0.05) is 30.6 Å². The van der Waals surface area contributed by atoms with Gasteiger partial charge in [-0.2, -0.15) is 4.73 Å². The second-order valence-corrected chi connectivity index (χ2v) is 5.61. The van der Waals surface area contributed by atoms with E-state index in [0.29, 0.717) is 4.43 Å². The van der Waals surface area contributed by atoms with E-state index in [1.165, 1.54) is 6.07 Å². The van der Waals surface area contributed by atoms with E-state index in [0.717, 1.165) is 4.73 Å². The summed E-state index contributed by atoms with van der Waals surface area (Å²) in [6.45, 7) is -0.196. The lowest BCUT2D eigenvalue weighted by atomic mass is 10.2. The molecule has 0 unspecified atom stereocenters. The van der Waals surface area contributed by atoms with Crippen LogP contribution in [0.25, 0.3) is 11.0 Å². The lowest BCUT2D eigenvalue weighted by Crippen LogP contribution is -2.75. The highest BCUT2D eigenvalue weighted by molar-refractivity contribution is 5.87. The summed E-state index contributed by atoms with van der Waals surface area (Å²) in [7, 11) is 0. The molecule has 0 aliphatic carbocycles. The molecule has 6 N–H and O–H groups in total. The molecule has 1 aromatic carbocycles. The second-order valence-electron chi connectivity index (χ2n) is 5.61. The molecule has 2 aromatic rings. The van der Waals surface area contributed by atoms with Gasteiger partial charge in [-0.3, -0.25) is 4.90 Å². The number of hydrogen-bond donors (Lipinski definition) is 6. The van der Waals surface area contributed by atoms with Crippen molar-refractivity contribution in [2.75, 3.05) is 39.5 Å². The Balaban J connectivity index is 2.68. The first-order chi connectivity index (χ1) is 12.5. The van der Waals surface area contributed by atoms with E-state index >= 15 is 0 Å². The zero-order valence-electron chi connectivity index (χ0n) is 14.2. The van der Waals surface area contributed by atoms with Gasteiger partial charge in [0.05, 0.1) is 17.6 Å². The van der Waals surface area contributed by atoms with Crippen LogP contribution in [0.15, 0.2) is 24.3 Å². The monoisotopic (exact) mass is 368 g/mol. The average molecular weight is 368 g/mol. The summed E-state index contributed by atoms with van der Waals surface area (Å²) < 4.78 is 1.30. The van der Waals surface area contributed by atoms with Gasteiger partial charge in [0.2, 0.25) is 0 Å². The van der Waals surface area contributed by atoms with E-state index in [4.69, 9.17) is 5.11 Å². The molecule has 2 rings (SSSR count). The molecule has 1 aromatic heterocycles. The minimum atomic E-state index is -0.495. The molecule has 0 saturated carbocycles. The van der Waals surface area contributed by atoms with Crippen molar-refractivity contribution in [1.29, 1.82) is 0 Å². The first-order valence-corrected chi connectivity index (χ1v) is 8.18. The number of nitrogens with one attached hydrogen (secondary N) is 1. The van der Waals surface area contributed by atoms with E-state index in [2.05, 4.69) is 4.99 Å². The SMILES string of the molecule is O=[n+]1c(C(O)=[NH+]CCO)c(CN(CCO)CCO)n(O)c2ccccc21. The lowest BCUT2D eigenvalue weighted by molar-refractivity contribution is -0.497. The van der Waals surface area contributed by atoms with Gasteiger partial charge in [-0.25, -0.2) is 4.99 Å². The number of aliphatic hydroxyl groups excluding tert-OH is 4. The number of aromatic nitrogens is 2. The Labute approximate surface area is 149 Å². The first kappa shape index (κ1) is 19.8. The fraction of sp³-hybridized carbons (Fsp3) is 0.438. The van der Waals surface area contributed by atoms with Crippen molar-refractivity contribution < 1.29 is 35.1 Å². The number of fused-ring (bicyclic) bond motifs is 1. The number of nitrogens with zero attached hydrogens (tertiary/aromatic N) is 3. The highest BCUT2D eigenvalue weighted by Crippen LogP contribution is 2.15. The van der Waals surface area contributed by atoms with Gasteiger partial charge >= 0.3 is 11.6 Å². The molecule has 0 aliphatic heterocycles. The van der Waals surface area contributed by atoms with Crippen molar-refractivity contribution in [2.45, 2.75) is 6.54 Å². The summed E-state index contributed by atoms with van der Waals surface area (Å²) in [6.07, 6.45) is 0. The maximum Gasteiger partial charge on any atom is 0.440 e. The molecule has 1 heterocycles. The Bertz CT molecular complexity index is 829. The number of benzene rings is 1. The summed E-state index contributed by atoms with van der Waals surface area (Å²) in [5.41, 5.74) is 0.246. The predicted octanol–water partition coefficient (Wildman–Crippen LogP) is -3.04. The quantitative estimate of drug-likeness (QED) is 0.119. The Hall–Kier alpha value is -2.53. The number of hydrogen-bond acceptors (Lipinski definition) is 6. The Kier molecular flexibility index (Phi) is 7.04. The molecule has 0 saturated heterocycles. The maximum atomic E-state index is 12.8. The van der Waals surface area contributed by atoms with Gasteiger partial charge in [-0.15, -0.1) is 0 Å². The minimum Gasteiger partial charge on any atom is -0.455 e. The Morgan fingerprint density at radius 3 is 2.38 bits per heavy atom. The predicted molar refractivity (Wildman–Crippen MR) is 91.6 cm³/mol. The highest BCUT2D eigenvalue weighted by atomic mass is 16.5. The second kappa shape index (κ2) is 9.25. The molecule has 142 valence electrons. The van der Waals surface area contributed by atoms with E-state index in [1.54, 1.807) is 23.1 Å². The van der Waals surface area contributed by atoms with Crippen molar-refractivity contribution >= 4 is 16.9 Å². The van der Waals surface area contributed by atoms with Crippen LogP contribution in [0.1, 0.15) is 11.4 Å². The van der Waals surface area contributed by atoms with Crippen LogP contribution in [0.2, 0.25) is 0 Å². The molecule has 10 heteroatoms. The molecular formula is C16H24N4O6+2. The molecule has 0 radical (unpaired) electrons. The molecule has 10 nitrogen and oxygen atoms in total. The summed E-state index contributed by atoms with van der Waals surface area (Å²) in [5.74, 6) is -0.495. The summed E-state index contributed by atoms with van der Waals surface area (Å²) >= 11 is 0. The van der Waals surface area contributed by atoms with Crippen LogP contribution in [0.4, 0.5) is 0 Å². The topological polar surface area (TPSA) is 146 Å². The van der Waals surface area contributed by atoms with Crippen LogP contribution in [0.3, 0.4) is 0 Å². The van der Waals surface area contributed by atoms with Gasteiger partial charge in [0.1, 0.15) is 6.61 Å². The van der Waals surface area contributed by atoms with E-state index in [1.807, 2.05) is 0 Å². The van der Waals surface area contributed by atoms with Crippen LogP contribution in [0.5, 0.6) is 0 Å². The molecule has 26 heavy (non-hydrogen) atoms. The average Bonchev–Trinajstić information content (AvgIpc) is 2.64. The zero-order valence-corrected chi connectivity index (χ0v) is 14.2. The number of rotatable bonds is 9. The van der Waals surface area contributed by atoms with Crippen LogP contribution in [-0.4, -0.2) is 80.6 Å². The molecule has 0 aliphatic rings. The molecule has 0 fully saturated rings. The van der Waals surface area contributed by atoms with Gasteiger partial charge in [0.25, 0.3) is 5.52 Å². The van der Waals surface area contributed by atoms with E-state index < -0.39 is 5.90 Å². The number of aliphatic hydroxyl groups is 4. The zero-order chi connectivity index (χ0) is 19.1. The van der Waals surface area contributed by atoms with E-state index in [-0.39, 0.29) is 68.4 Å². The van der Waals surface area contributed by atoms with Crippen molar-refractivity contribution in [3.8, 4) is 0 Å². The number of para-hydroxylation sites is 2. The van der Waals surface area contributed by atoms with Crippen LogP contribution >= 0.6 is 0 Å². The van der Waals surface area contributed by atoms with Crippen LogP contribution in [-0.2, 0) is 6.54 Å². The van der Waals surface area contributed by atoms with Crippen LogP contribution in [0, 0.1) is 4.91 Å². The third kappa shape index (κ3) is 4.17. The van der Waals surface area contributed by atoms with Gasteiger partial charge in [0.15, 0.2) is 17.8 Å². The summed E-state index contributed by atoms with van der Waals surface area (Å²) in [5, 5.41) is 48.2. The normalized spacial score (nSPS) is 12.2. The molecule has 0 spiro atoms. The van der Waals surface area contributed by atoms with Crippen molar-refractivity contribution in [2.24, 2.45) is 0 Å². The smallest absolute Gasteiger partial charge is 0.440 e. The largest absolute Gasteiger partial charge is 0.455 e. The third-order valence-corrected chi connectivity index (χ3v) is 3.90. The van der Waals surface area contributed by atoms with Gasteiger partial charge in [-0.1, -0.05) is 12.1 Å². The van der Waals surface area contributed by atoms with E-state index in [9.17, 15) is 25.4 Å². The standard InChI is InChI=1S/C16H22N4O6/c21-8-5-17-16(24)15-14(11-18(6-9-22)7-10-23)19(25)12-3-1-2-4-13(12)20(15)26/h1-4,21-23,25H,5-11H2/p+2. The lowest BCUT2D eigenvalue weighted by Gasteiger charge is -2.20. The maximum absolute atomic E-state index is 12.8. The third-order valence-electron chi connectivity index (χ3n) is 3.90. The van der Waals surface area contributed by atoms with Crippen molar-refractivity contribution in [3.05, 3.63) is 40.6 Å². The van der Waals surface area contributed by atoms with Crippen LogP contribution < -0.4 is 9.42 Å². The summed E-state index contributed by atoms with van der Waals surface area (Å²) in [6, 6.07) is 6.34.